The first-order valence-electron chi connectivity index (χ1n) is 8.88. The summed E-state index contributed by atoms with van der Waals surface area (Å²) >= 11 is 0.991. The van der Waals surface area contributed by atoms with Crippen molar-refractivity contribution in [1.82, 2.24) is 19.6 Å². The van der Waals surface area contributed by atoms with E-state index in [4.69, 9.17) is 4.74 Å². The summed E-state index contributed by atoms with van der Waals surface area (Å²) in [5.41, 5.74) is 1.44. The van der Waals surface area contributed by atoms with Gasteiger partial charge in [0.2, 0.25) is 10.0 Å². The maximum atomic E-state index is 12.8. The number of benzene rings is 1. The molecule has 0 saturated carbocycles. The summed E-state index contributed by atoms with van der Waals surface area (Å²) in [5.74, 6) is 0. The molecule has 10 heteroatoms. The molecule has 3 heterocycles. The van der Waals surface area contributed by atoms with E-state index in [0.29, 0.717) is 36.5 Å². The molecule has 1 atom stereocenters. The highest BCUT2D eigenvalue weighted by Gasteiger charge is 2.26. The maximum absolute atomic E-state index is 12.8. The number of pyridine rings is 1. The Bertz CT molecular complexity index is 1110. The largest absolute Gasteiger partial charge is 0.379 e. The molecule has 0 radical (unpaired) electrons. The van der Waals surface area contributed by atoms with Crippen molar-refractivity contribution in [3.8, 4) is 0 Å². The molecular weight excluding hydrogens is 400 g/mol. The van der Waals surface area contributed by atoms with Crippen molar-refractivity contribution < 1.29 is 13.2 Å². The van der Waals surface area contributed by atoms with Crippen molar-refractivity contribution in [2.75, 3.05) is 32.8 Å². The zero-order chi connectivity index (χ0) is 19.6. The predicted molar refractivity (Wildman–Crippen MR) is 107 cm³/mol. The van der Waals surface area contributed by atoms with Gasteiger partial charge in [0, 0.05) is 25.8 Å². The minimum absolute atomic E-state index is 0.136. The number of morpholine rings is 1. The van der Waals surface area contributed by atoms with E-state index in [1.165, 1.54) is 12.1 Å². The number of sulfonamides is 1. The van der Waals surface area contributed by atoms with Crippen LogP contribution < -0.4 is 9.60 Å². The molecule has 0 spiro atoms. The molecule has 148 valence electrons. The topological polar surface area (TPSA) is 104 Å². The molecule has 1 aromatic carbocycles. The lowest BCUT2D eigenvalue weighted by Crippen LogP contribution is -2.44. The van der Waals surface area contributed by atoms with Crippen molar-refractivity contribution in [2.24, 2.45) is 0 Å². The number of hydrogen-bond donors (Lipinski definition) is 2. The molecule has 0 amide bonds. The number of rotatable bonds is 6. The first-order chi connectivity index (χ1) is 13.5. The molecule has 0 bridgehead atoms. The fourth-order valence-electron chi connectivity index (χ4n) is 3.25. The van der Waals surface area contributed by atoms with E-state index in [9.17, 15) is 13.2 Å². The molecule has 2 N–H and O–H groups in total. The van der Waals surface area contributed by atoms with E-state index < -0.39 is 10.0 Å². The zero-order valence-electron chi connectivity index (χ0n) is 15.0. The predicted octanol–water partition coefficient (Wildman–Crippen LogP) is 1.34. The number of thiazole rings is 1. The van der Waals surface area contributed by atoms with Crippen LogP contribution in [0.25, 0.3) is 10.2 Å². The average molecular weight is 421 g/mol. The van der Waals surface area contributed by atoms with Crippen LogP contribution >= 0.6 is 11.3 Å². The lowest BCUT2D eigenvalue weighted by atomic mass is 10.1. The van der Waals surface area contributed by atoms with Gasteiger partial charge in [0.05, 0.1) is 40.1 Å². The van der Waals surface area contributed by atoms with Crippen molar-refractivity contribution in [3.05, 3.63) is 58.0 Å². The maximum Gasteiger partial charge on any atom is 0.305 e. The average Bonchev–Trinajstić information content (AvgIpc) is 3.09. The van der Waals surface area contributed by atoms with Gasteiger partial charge in [-0.15, -0.1) is 0 Å². The van der Waals surface area contributed by atoms with Crippen LogP contribution in [-0.4, -0.2) is 56.1 Å². The van der Waals surface area contributed by atoms with Gasteiger partial charge in [0.1, 0.15) is 0 Å². The van der Waals surface area contributed by atoms with Crippen LogP contribution in [0.1, 0.15) is 11.7 Å². The number of nitrogens with one attached hydrogen (secondary N) is 2. The van der Waals surface area contributed by atoms with Crippen LogP contribution in [-0.2, 0) is 14.8 Å². The Kier molecular flexibility index (Phi) is 5.56. The molecule has 1 fully saturated rings. The van der Waals surface area contributed by atoms with Crippen LogP contribution in [0, 0.1) is 0 Å². The number of aromatic nitrogens is 2. The minimum Gasteiger partial charge on any atom is -0.379 e. The quantitative estimate of drug-likeness (QED) is 0.624. The second-order valence-corrected chi connectivity index (χ2v) is 9.22. The standard InChI is InChI=1S/C18H20N4O4S2/c23-18-21-15-5-4-13(11-17(15)27-18)28(24,25)20-12-16(14-3-1-2-6-19-14)22-7-9-26-10-8-22/h1-6,11,16,20H,7-10,12H2,(H,21,23). The molecular formula is C18H20N4O4S2. The highest BCUT2D eigenvalue weighted by atomic mass is 32.2. The van der Waals surface area contributed by atoms with Crippen LogP contribution in [0.3, 0.4) is 0 Å². The van der Waals surface area contributed by atoms with Crippen LogP contribution in [0.4, 0.5) is 0 Å². The fraction of sp³-hybridized carbons (Fsp3) is 0.333. The lowest BCUT2D eigenvalue weighted by molar-refractivity contribution is 0.0163. The van der Waals surface area contributed by atoms with E-state index in [-0.39, 0.29) is 22.4 Å². The first-order valence-corrected chi connectivity index (χ1v) is 11.2. The summed E-state index contributed by atoms with van der Waals surface area (Å²) in [6, 6.07) is 10.1. The van der Waals surface area contributed by atoms with Gasteiger partial charge in [-0.2, -0.15) is 0 Å². The van der Waals surface area contributed by atoms with Crippen molar-refractivity contribution >= 4 is 31.6 Å². The van der Waals surface area contributed by atoms with Gasteiger partial charge in [0.25, 0.3) is 0 Å². The summed E-state index contributed by atoms with van der Waals surface area (Å²) < 4.78 is 34.4. The highest BCUT2D eigenvalue weighted by molar-refractivity contribution is 7.89. The van der Waals surface area contributed by atoms with E-state index in [1.54, 1.807) is 12.3 Å². The number of H-pyrrole nitrogens is 1. The van der Waals surface area contributed by atoms with Crippen LogP contribution in [0.2, 0.25) is 0 Å². The third-order valence-electron chi connectivity index (χ3n) is 4.69. The molecule has 1 saturated heterocycles. The molecule has 8 nitrogen and oxygen atoms in total. The van der Waals surface area contributed by atoms with E-state index >= 15 is 0 Å². The monoisotopic (exact) mass is 420 g/mol. The molecule has 2 aromatic heterocycles. The molecule has 0 aliphatic carbocycles. The number of aromatic amines is 1. The van der Waals surface area contributed by atoms with Crippen LogP contribution in [0.15, 0.2) is 52.3 Å². The fourth-order valence-corrected chi connectivity index (χ4v) is 5.16. The van der Waals surface area contributed by atoms with E-state index in [0.717, 1.165) is 17.0 Å². The SMILES string of the molecule is O=c1[nH]c2ccc(S(=O)(=O)NCC(c3ccccn3)N3CCOCC3)cc2s1. The summed E-state index contributed by atoms with van der Waals surface area (Å²) in [6.07, 6.45) is 1.71. The Morgan fingerprint density at radius 3 is 2.82 bits per heavy atom. The van der Waals surface area contributed by atoms with E-state index in [2.05, 4.69) is 19.6 Å². The highest BCUT2D eigenvalue weighted by Crippen LogP contribution is 2.22. The van der Waals surface area contributed by atoms with Gasteiger partial charge in [-0.05, 0) is 30.3 Å². The third-order valence-corrected chi connectivity index (χ3v) is 6.95. The number of fused-ring (bicyclic) bond motifs is 1. The Morgan fingerprint density at radius 1 is 1.25 bits per heavy atom. The summed E-state index contributed by atoms with van der Waals surface area (Å²) in [7, 11) is -3.73. The minimum atomic E-state index is -3.73. The summed E-state index contributed by atoms with van der Waals surface area (Å²) in [4.78, 5) is 20.7. The second-order valence-electron chi connectivity index (χ2n) is 6.44. The molecule has 1 aliphatic heterocycles. The lowest BCUT2D eigenvalue weighted by Gasteiger charge is -2.34. The van der Waals surface area contributed by atoms with Gasteiger partial charge in [0.15, 0.2) is 0 Å². The summed E-state index contributed by atoms with van der Waals surface area (Å²) in [6.45, 7) is 2.84. The molecule has 4 rings (SSSR count). The van der Waals surface area contributed by atoms with E-state index in [1.807, 2.05) is 18.2 Å². The Hall–Kier alpha value is -2.11. The first kappa shape index (κ1) is 19.2. The smallest absolute Gasteiger partial charge is 0.305 e. The zero-order valence-corrected chi connectivity index (χ0v) is 16.6. The van der Waals surface area contributed by atoms with Crippen molar-refractivity contribution in [3.63, 3.8) is 0 Å². The third kappa shape index (κ3) is 4.15. The van der Waals surface area contributed by atoms with Crippen LogP contribution in [0.5, 0.6) is 0 Å². The van der Waals surface area contributed by atoms with Crippen molar-refractivity contribution in [2.45, 2.75) is 10.9 Å². The molecule has 1 aliphatic rings. The molecule has 1 unspecified atom stereocenters. The molecule has 3 aromatic rings. The molecule has 28 heavy (non-hydrogen) atoms. The van der Waals surface area contributed by atoms with Crippen molar-refractivity contribution in [1.29, 1.82) is 0 Å². The Balaban J connectivity index is 1.56. The second kappa shape index (κ2) is 8.10. The Morgan fingerprint density at radius 2 is 2.07 bits per heavy atom. The Labute approximate surface area is 166 Å². The van der Waals surface area contributed by atoms with Gasteiger partial charge < -0.3 is 9.72 Å². The van der Waals surface area contributed by atoms with Gasteiger partial charge in [-0.25, -0.2) is 13.1 Å². The van der Waals surface area contributed by atoms with Gasteiger partial charge in [-0.1, -0.05) is 17.4 Å². The summed E-state index contributed by atoms with van der Waals surface area (Å²) in [5, 5.41) is 0. The van der Waals surface area contributed by atoms with Gasteiger partial charge in [-0.3, -0.25) is 14.7 Å². The number of ether oxygens (including phenoxy) is 1. The number of nitrogens with zero attached hydrogens (tertiary/aromatic N) is 2. The van der Waals surface area contributed by atoms with Gasteiger partial charge >= 0.3 is 4.87 Å². The normalized spacial score (nSPS) is 17.0. The number of hydrogen-bond acceptors (Lipinski definition) is 7.